The predicted octanol–water partition coefficient (Wildman–Crippen LogP) is 2.66. The predicted molar refractivity (Wildman–Crippen MR) is 86.1 cm³/mol. The number of hydrogen-bond acceptors (Lipinski definition) is 3. The normalized spacial score (nSPS) is 17.7. The molecule has 0 saturated carbocycles. The minimum atomic E-state index is 0.0803. The van der Waals surface area contributed by atoms with Crippen molar-refractivity contribution in [1.29, 1.82) is 0 Å². The molecule has 1 amide bonds. The summed E-state index contributed by atoms with van der Waals surface area (Å²) >= 11 is 1.79. The number of benzene rings is 1. The van der Waals surface area contributed by atoms with E-state index >= 15 is 0 Å². The average molecular weight is 292 g/mol. The molecule has 1 aliphatic rings. The molecule has 2 rings (SSSR count). The molecule has 1 atom stereocenters. The summed E-state index contributed by atoms with van der Waals surface area (Å²) in [6.45, 7) is 6.28. The van der Waals surface area contributed by atoms with Crippen LogP contribution in [-0.4, -0.2) is 30.0 Å². The molecule has 110 valence electrons. The molecule has 0 radical (unpaired) electrons. The SMILES string of the molecule is Cc1ccc([C@H](C)NC(=O)CSC2CCNCC2)cc1. The zero-order chi connectivity index (χ0) is 14.4. The zero-order valence-electron chi connectivity index (χ0n) is 12.3. The van der Waals surface area contributed by atoms with Gasteiger partial charge in [0.05, 0.1) is 11.8 Å². The van der Waals surface area contributed by atoms with Crippen LogP contribution < -0.4 is 10.6 Å². The Kier molecular flexibility index (Phi) is 5.92. The van der Waals surface area contributed by atoms with Gasteiger partial charge in [-0.1, -0.05) is 29.8 Å². The minimum absolute atomic E-state index is 0.0803. The van der Waals surface area contributed by atoms with Gasteiger partial charge in [0.25, 0.3) is 0 Å². The summed E-state index contributed by atoms with van der Waals surface area (Å²) in [6, 6.07) is 8.42. The lowest BCUT2D eigenvalue weighted by molar-refractivity contribution is -0.119. The van der Waals surface area contributed by atoms with Gasteiger partial charge in [-0.15, -0.1) is 11.8 Å². The summed E-state index contributed by atoms with van der Waals surface area (Å²) in [6.07, 6.45) is 2.34. The van der Waals surface area contributed by atoms with Crippen LogP contribution in [0.15, 0.2) is 24.3 Å². The highest BCUT2D eigenvalue weighted by Gasteiger charge is 2.16. The molecule has 0 bridgehead atoms. The third kappa shape index (κ3) is 4.84. The van der Waals surface area contributed by atoms with Gasteiger partial charge in [-0.25, -0.2) is 0 Å². The largest absolute Gasteiger partial charge is 0.349 e. The van der Waals surface area contributed by atoms with E-state index in [4.69, 9.17) is 0 Å². The Bertz CT molecular complexity index is 427. The summed E-state index contributed by atoms with van der Waals surface area (Å²) in [5.74, 6) is 0.711. The lowest BCUT2D eigenvalue weighted by atomic mass is 10.1. The Labute approximate surface area is 125 Å². The first-order chi connectivity index (χ1) is 9.65. The Morgan fingerprint density at radius 1 is 1.35 bits per heavy atom. The Balaban J connectivity index is 1.74. The third-order valence-electron chi connectivity index (χ3n) is 3.69. The maximum Gasteiger partial charge on any atom is 0.230 e. The molecule has 3 nitrogen and oxygen atoms in total. The van der Waals surface area contributed by atoms with Gasteiger partial charge < -0.3 is 10.6 Å². The number of hydrogen-bond donors (Lipinski definition) is 2. The number of thioether (sulfide) groups is 1. The molecule has 1 aliphatic heterocycles. The summed E-state index contributed by atoms with van der Waals surface area (Å²) in [4.78, 5) is 12.0. The van der Waals surface area contributed by atoms with Crippen LogP contribution in [0.1, 0.15) is 36.9 Å². The van der Waals surface area contributed by atoms with Crippen LogP contribution >= 0.6 is 11.8 Å². The first-order valence-electron chi connectivity index (χ1n) is 7.33. The number of rotatable bonds is 5. The van der Waals surface area contributed by atoms with Gasteiger partial charge in [0.2, 0.25) is 5.91 Å². The van der Waals surface area contributed by atoms with Crippen LogP contribution in [0.5, 0.6) is 0 Å². The van der Waals surface area contributed by atoms with Gasteiger partial charge in [0, 0.05) is 5.25 Å². The van der Waals surface area contributed by atoms with Gasteiger partial charge in [0.15, 0.2) is 0 Å². The van der Waals surface area contributed by atoms with E-state index in [1.807, 2.05) is 6.92 Å². The number of carbonyl (C=O) groups is 1. The minimum Gasteiger partial charge on any atom is -0.349 e. The van der Waals surface area contributed by atoms with Crippen molar-refractivity contribution in [3.05, 3.63) is 35.4 Å². The maximum atomic E-state index is 12.0. The summed E-state index contributed by atoms with van der Waals surface area (Å²) in [5, 5.41) is 7.06. The highest BCUT2D eigenvalue weighted by molar-refractivity contribution is 8.00. The van der Waals surface area contributed by atoms with Gasteiger partial charge in [-0.05, 0) is 45.3 Å². The van der Waals surface area contributed by atoms with Crippen LogP contribution in [0.25, 0.3) is 0 Å². The van der Waals surface area contributed by atoms with Crippen molar-refractivity contribution < 1.29 is 4.79 Å². The molecule has 4 heteroatoms. The average Bonchev–Trinajstić information content (AvgIpc) is 2.47. The molecular formula is C16H24N2OS. The van der Waals surface area contributed by atoms with Gasteiger partial charge >= 0.3 is 0 Å². The van der Waals surface area contributed by atoms with Crippen molar-refractivity contribution in [1.82, 2.24) is 10.6 Å². The van der Waals surface area contributed by atoms with Crippen molar-refractivity contribution in [2.45, 2.75) is 38.0 Å². The van der Waals surface area contributed by atoms with Crippen LogP contribution in [0.3, 0.4) is 0 Å². The van der Waals surface area contributed by atoms with Gasteiger partial charge in [-0.3, -0.25) is 4.79 Å². The van der Waals surface area contributed by atoms with Crippen molar-refractivity contribution >= 4 is 17.7 Å². The van der Waals surface area contributed by atoms with E-state index in [1.54, 1.807) is 11.8 Å². The summed E-state index contributed by atoms with van der Waals surface area (Å²) in [5.41, 5.74) is 2.41. The van der Waals surface area contributed by atoms with E-state index in [0.717, 1.165) is 18.7 Å². The molecular weight excluding hydrogens is 268 g/mol. The lowest BCUT2D eigenvalue weighted by Crippen LogP contribution is -2.32. The third-order valence-corrected chi connectivity index (χ3v) is 5.06. The standard InChI is InChI=1S/C16H24N2OS/c1-12-3-5-14(6-4-12)13(2)18-16(19)11-20-15-7-9-17-10-8-15/h3-6,13,15,17H,7-11H2,1-2H3,(H,18,19)/t13-/m0/s1. The van der Waals surface area contributed by atoms with E-state index in [-0.39, 0.29) is 11.9 Å². The van der Waals surface area contributed by atoms with Crippen molar-refractivity contribution in [2.75, 3.05) is 18.8 Å². The second-order valence-electron chi connectivity index (χ2n) is 5.46. The van der Waals surface area contributed by atoms with E-state index in [2.05, 4.69) is 41.8 Å². The molecule has 1 heterocycles. The Hall–Kier alpha value is -1.00. The number of carbonyl (C=O) groups excluding carboxylic acids is 1. The fourth-order valence-electron chi connectivity index (χ4n) is 2.38. The molecule has 20 heavy (non-hydrogen) atoms. The molecule has 0 unspecified atom stereocenters. The van der Waals surface area contributed by atoms with Crippen LogP contribution in [0.4, 0.5) is 0 Å². The monoisotopic (exact) mass is 292 g/mol. The van der Waals surface area contributed by atoms with Crippen LogP contribution in [-0.2, 0) is 4.79 Å². The molecule has 0 spiro atoms. The van der Waals surface area contributed by atoms with Gasteiger partial charge in [0.1, 0.15) is 0 Å². The summed E-state index contributed by atoms with van der Waals surface area (Å²) in [7, 11) is 0. The van der Waals surface area contributed by atoms with E-state index < -0.39 is 0 Å². The molecule has 1 saturated heterocycles. The van der Waals surface area contributed by atoms with Crippen molar-refractivity contribution in [3.63, 3.8) is 0 Å². The van der Waals surface area contributed by atoms with E-state index in [9.17, 15) is 4.79 Å². The molecule has 0 aromatic heterocycles. The quantitative estimate of drug-likeness (QED) is 0.876. The Morgan fingerprint density at radius 2 is 2.00 bits per heavy atom. The van der Waals surface area contributed by atoms with Crippen LogP contribution in [0, 0.1) is 6.92 Å². The molecule has 0 aliphatic carbocycles. The fraction of sp³-hybridized carbons (Fsp3) is 0.562. The first-order valence-corrected chi connectivity index (χ1v) is 8.38. The second-order valence-corrected chi connectivity index (χ2v) is 6.75. The molecule has 1 aromatic rings. The van der Waals surface area contributed by atoms with E-state index in [1.165, 1.54) is 18.4 Å². The number of nitrogens with one attached hydrogen (secondary N) is 2. The summed E-state index contributed by atoms with van der Waals surface area (Å²) < 4.78 is 0. The van der Waals surface area contributed by atoms with Crippen molar-refractivity contribution in [2.24, 2.45) is 0 Å². The van der Waals surface area contributed by atoms with Crippen LogP contribution in [0.2, 0.25) is 0 Å². The van der Waals surface area contributed by atoms with E-state index in [0.29, 0.717) is 11.0 Å². The zero-order valence-corrected chi connectivity index (χ0v) is 13.1. The molecule has 2 N–H and O–H groups in total. The van der Waals surface area contributed by atoms with Crippen molar-refractivity contribution in [3.8, 4) is 0 Å². The maximum absolute atomic E-state index is 12.0. The molecule has 1 aromatic carbocycles. The smallest absolute Gasteiger partial charge is 0.230 e. The molecule has 1 fully saturated rings. The van der Waals surface area contributed by atoms with Gasteiger partial charge in [-0.2, -0.15) is 0 Å². The number of piperidine rings is 1. The number of aryl methyl sites for hydroxylation is 1. The topological polar surface area (TPSA) is 41.1 Å². The fourth-order valence-corrected chi connectivity index (χ4v) is 3.42. The highest BCUT2D eigenvalue weighted by atomic mass is 32.2. The highest BCUT2D eigenvalue weighted by Crippen LogP contribution is 2.20. The lowest BCUT2D eigenvalue weighted by Gasteiger charge is -2.22. The second kappa shape index (κ2) is 7.70. The first kappa shape index (κ1) is 15.4. The Morgan fingerprint density at radius 3 is 2.65 bits per heavy atom. The number of amides is 1.